The van der Waals surface area contributed by atoms with Crippen molar-refractivity contribution in [3.05, 3.63) is 47.0 Å². The molecule has 1 fully saturated rings. The van der Waals surface area contributed by atoms with E-state index in [9.17, 15) is 0 Å². The van der Waals surface area contributed by atoms with E-state index in [1.807, 2.05) is 13.0 Å². The molecule has 2 N–H and O–H groups in total. The Labute approximate surface area is 212 Å². The highest BCUT2D eigenvalue weighted by Crippen LogP contribution is 2.48. The molecule has 1 aromatic carbocycles. The summed E-state index contributed by atoms with van der Waals surface area (Å²) in [6, 6.07) is 6.20. The minimum Gasteiger partial charge on any atom is -0.382 e. The Bertz CT molecular complexity index is 1320. The standard InChI is InChI=1S/C23H27ClN8O2S/c1-13-5-6-17-16(9-13)18(28-27-17)21-29-30-22(32(21)23(7-8-23)12-33-3)31-35-14(2)19(34-4)20-25-10-15(24)11-26-20/h5-6,9-11,14,19H,7-8,12H2,1-4H3,(H,27,28)(H,30,31). The van der Waals surface area contributed by atoms with Gasteiger partial charge in [0, 0.05) is 32.0 Å². The maximum Gasteiger partial charge on any atom is 0.235 e. The van der Waals surface area contributed by atoms with Crippen LogP contribution in [0.3, 0.4) is 0 Å². The minimum absolute atomic E-state index is 0.0405. The van der Waals surface area contributed by atoms with Crippen molar-refractivity contribution in [2.45, 2.75) is 43.6 Å². The van der Waals surface area contributed by atoms with Crippen LogP contribution in [0.1, 0.15) is 37.3 Å². The van der Waals surface area contributed by atoms with Gasteiger partial charge in [-0.2, -0.15) is 5.10 Å². The van der Waals surface area contributed by atoms with Crippen LogP contribution in [0.4, 0.5) is 5.95 Å². The molecule has 5 rings (SSSR count). The molecular formula is C23H27ClN8O2S. The van der Waals surface area contributed by atoms with Crippen molar-refractivity contribution >= 4 is 40.4 Å². The van der Waals surface area contributed by atoms with E-state index >= 15 is 0 Å². The Morgan fingerprint density at radius 1 is 1.23 bits per heavy atom. The van der Waals surface area contributed by atoms with Gasteiger partial charge >= 0.3 is 0 Å². The van der Waals surface area contributed by atoms with Crippen LogP contribution in [0, 0.1) is 6.92 Å². The number of hydrogen-bond acceptors (Lipinski definition) is 9. The second kappa shape index (κ2) is 9.73. The Balaban J connectivity index is 1.46. The lowest BCUT2D eigenvalue weighted by molar-refractivity contribution is 0.0972. The van der Waals surface area contributed by atoms with E-state index < -0.39 is 0 Å². The highest BCUT2D eigenvalue weighted by molar-refractivity contribution is 8.01. The zero-order valence-electron chi connectivity index (χ0n) is 19.9. The third kappa shape index (κ3) is 4.61. The van der Waals surface area contributed by atoms with E-state index in [1.165, 1.54) is 11.9 Å². The van der Waals surface area contributed by atoms with Gasteiger partial charge < -0.3 is 9.47 Å². The number of nitrogens with one attached hydrogen (secondary N) is 2. The molecule has 0 radical (unpaired) electrons. The van der Waals surface area contributed by atoms with Gasteiger partial charge in [0.05, 0.1) is 27.9 Å². The lowest BCUT2D eigenvalue weighted by atomic mass is 10.1. The first-order valence-corrected chi connectivity index (χ1v) is 12.5. The fourth-order valence-corrected chi connectivity index (χ4v) is 5.16. The topological polar surface area (TPSA) is 116 Å². The molecule has 4 aromatic rings. The molecule has 0 spiro atoms. The summed E-state index contributed by atoms with van der Waals surface area (Å²) in [6.07, 6.45) is 4.75. The summed E-state index contributed by atoms with van der Waals surface area (Å²) in [5.41, 5.74) is 2.67. The van der Waals surface area contributed by atoms with Crippen LogP contribution < -0.4 is 4.72 Å². The summed E-state index contributed by atoms with van der Waals surface area (Å²) in [5, 5.41) is 18.3. The lowest BCUT2D eigenvalue weighted by Crippen LogP contribution is -2.26. The number of H-pyrrole nitrogens is 1. The number of hydrogen-bond donors (Lipinski definition) is 2. The number of ether oxygens (including phenoxy) is 2. The smallest absolute Gasteiger partial charge is 0.235 e. The SMILES string of the molecule is COCC1(n2c(NSC(C)C(OC)c3ncc(Cl)cn3)nnc2-c2n[nH]c3ccc(C)cc23)CC1. The Morgan fingerprint density at radius 3 is 2.69 bits per heavy atom. The summed E-state index contributed by atoms with van der Waals surface area (Å²) in [4.78, 5) is 8.64. The van der Waals surface area contributed by atoms with Crippen molar-refractivity contribution in [1.82, 2.24) is 34.9 Å². The van der Waals surface area contributed by atoms with E-state index in [1.54, 1.807) is 26.6 Å². The normalized spacial score (nSPS) is 16.4. The molecule has 0 amide bonds. The van der Waals surface area contributed by atoms with Gasteiger partial charge in [0.15, 0.2) is 11.6 Å². The van der Waals surface area contributed by atoms with Crippen molar-refractivity contribution < 1.29 is 9.47 Å². The van der Waals surface area contributed by atoms with E-state index in [0.717, 1.165) is 35.0 Å². The summed E-state index contributed by atoms with van der Waals surface area (Å²) in [6.45, 7) is 4.67. The molecule has 1 aliphatic rings. The third-order valence-electron chi connectivity index (χ3n) is 6.22. The summed E-state index contributed by atoms with van der Waals surface area (Å²) in [5.74, 6) is 1.91. The van der Waals surface area contributed by atoms with Crippen molar-refractivity contribution in [3.63, 3.8) is 0 Å². The van der Waals surface area contributed by atoms with Crippen molar-refractivity contribution in [3.8, 4) is 11.5 Å². The van der Waals surface area contributed by atoms with Gasteiger partial charge in [0.2, 0.25) is 5.95 Å². The van der Waals surface area contributed by atoms with Crippen LogP contribution in [0.2, 0.25) is 5.02 Å². The number of aromatic nitrogens is 7. The molecule has 0 aliphatic heterocycles. The molecule has 35 heavy (non-hydrogen) atoms. The lowest BCUT2D eigenvalue weighted by Gasteiger charge is -2.23. The largest absolute Gasteiger partial charge is 0.382 e. The van der Waals surface area contributed by atoms with Gasteiger partial charge in [-0.1, -0.05) is 23.2 Å². The Morgan fingerprint density at radius 2 is 2.00 bits per heavy atom. The number of nitrogens with zero attached hydrogens (tertiary/aromatic N) is 6. The fraction of sp³-hybridized carbons (Fsp3) is 0.435. The van der Waals surface area contributed by atoms with Crippen molar-refractivity contribution in [2.24, 2.45) is 0 Å². The molecular weight excluding hydrogens is 488 g/mol. The molecule has 10 nitrogen and oxygen atoms in total. The number of rotatable bonds is 10. The second-order valence-corrected chi connectivity index (χ2v) is 10.4. The van der Waals surface area contributed by atoms with Crippen LogP contribution in [-0.4, -0.2) is 61.0 Å². The van der Waals surface area contributed by atoms with Crippen LogP contribution in [-0.2, 0) is 15.0 Å². The first-order valence-electron chi connectivity index (χ1n) is 11.3. The van der Waals surface area contributed by atoms with Gasteiger partial charge in [-0.3, -0.25) is 14.4 Å². The predicted molar refractivity (Wildman–Crippen MR) is 136 cm³/mol. The molecule has 3 aromatic heterocycles. The van der Waals surface area contributed by atoms with E-state index in [0.29, 0.717) is 29.2 Å². The van der Waals surface area contributed by atoms with Crippen molar-refractivity contribution in [2.75, 3.05) is 25.5 Å². The van der Waals surface area contributed by atoms with Gasteiger partial charge in [0.25, 0.3) is 0 Å². The maximum absolute atomic E-state index is 5.94. The second-order valence-electron chi connectivity index (χ2n) is 8.80. The molecule has 2 atom stereocenters. The van der Waals surface area contributed by atoms with Gasteiger partial charge in [-0.15, -0.1) is 10.2 Å². The average molecular weight is 515 g/mol. The number of fused-ring (bicyclic) bond motifs is 1. The van der Waals surface area contributed by atoms with Crippen molar-refractivity contribution in [1.29, 1.82) is 0 Å². The predicted octanol–water partition coefficient (Wildman–Crippen LogP) is 4.55. The number of benzene rings is 1. The fourth-order valence-electron chi connectivity index (χ4n) is 4.28. The molecule has 1 aliphatic carbocycles. The van der Waals surface area contributed by atoms with E-state index in [4.69, 9.17) is 21.1 Å². The first kappa shape index (κ1) is 24.0. The number of aryl methyl sites for hydroxylation is 1. The molecule has 12 heteroatoms. The van der Waals surface area contributed by atoms with Gasteiger partial charge in [-0.05, 0) is 50.8 Å². The molecule has 2 unspecified atom stereocenters. The summed E-state index contributed by atoms with van der Waals surface area (Å²) < 4.78 is 16.8. The zero-order valence-corrected chi connectivity index (χ0v) is 21.5. The summed E-state index contributed by atoms with van der Waals surface area (Å²) in [7, 11) is 3.36. The monoisotopic (exact) mass is 514 g/mol. The molecule has 184 valence electrons. The van der Waals surface area contributed by atoms with Gasteiger partial charge in [-0.25, -0.2) is 9.97 Å². The number of methoxy groups -OCH3 is 2. The third-order valence-corrected chi connectivity index (χ3v) is 7.33. The maximum atomic E-state index is 5.94. The molecule has 0 saturated heterocycles. The summed E-state index contributed by atoms with van der Waals surface area (Å²) >= 11 is 7.42. The molecule has 0 bridgehead atoms. The zero-order chi connectivity index (χ0) is 24.6. The minimum atomic E-state index is -0.340. The Kier molecular flexibility index (Phi) is 6.67. The Hall–Kier alpha value is -2.73. The molecule has 1 saturated carbocycles. The number of aromatic amines is 1. The van der Waals surface area contributed by atoms with Crippen LogP contribution >= 0.6 is 23.5 Å². The van der Waals surface area contributed by atoms with Gasteiger partial charge in [0.1, 0.15) is 11.8 Å². The van der Waals surface area contributed by atoms with E-state index in [2.05, 4.69) is 58.7 Å². The van der Waals surface area contributed by atoms with E-state index in [-0.39, 0.29) is 16.9 Å². The quantitative estimate of drug-likeness (QED) is 0.294. The van der Waals surface area contributed by atoms with Crippen LogP contribution in [0.25, 0.3) is 22.4 Å². The first-order chi connectivity index (χ1) is 17.0. The highest BCUT2D eigenvalue weighted by atomic mass is 35.5. The number of anilines is 1. The number of halogens is 1. The van der Waals surface area contributed by atoms with Crippen LogP contribution in [0.15, 0.2) is 30.6 Å². The molecule has 3 heterocycles. The highest BCUT2D eigenvalue weighted by Gasteiger charge is 2.48. The average Bonchev–Trinajstić information content (AvgIpc) is 3.31. The van der Waals surface area contributed by atoms with Crippen LogP contribution in [0.5, 0.6) is 0 Å².